The maximum atomic E-state index is 13.8. The van der Waals surface area contributed by atoms with Crippen LogP contribution in [-0.4, -0.2) is 0 Å². The summed E-state index contributed by atoms with van der Waals surface area (Å²) < 4.78 is 27.4. The number of nitrogens with two attached hydrogens (primary N) is 1. The van der Waals surface area contributed by atoms with Gasteiger partial charge in [0, 0.05) is 5.56 Å². The van der Waals surface area contributed by atoms with E-state index in [1.165, 1.54) is 5.56 Å². The number of hydrogen-bond acceptors (Lipinski definition) is 1. The summed E-state index contributed by atoms with van der Waals surface area (Å²) in [7, 11) is 0. The zero-order chi connectivity index (χ0) is 14.0. The van der Waals surface area contributed by atoms with Gasteiger partial charge in [0.1, 0.15) is 11.6 Å². The van der Waals surface area contributed by atoms with E-state index in [0.29, 0.717) is 0 Å². The van der Waals surface area contributed by atoms with Gasteiger partial charge in [0.15, 0.2) is 0 Å². The van der Waals surface area contributed by atoms with Crippen molar-refractivity contribution in [1.29, 1.82) is 0 Å². The largest absolute Gasteiger partial charge is 0.320 e. The SMILES string of the molecule is CCc1ccc(C(N)c2cc(F)c(Br)cc2F)cc1. The van der Waals surface area contributed by atoms with Crippen molar-refractivity contribution in [3.63, 3.8) is 0 Å². The summed E-state index contributed by atoms with van der Waals surface area (Å²) in [5, 5.41) is 0. The summed E-state index contributed by atoms with van der Waals surface area (Å²) in [6, 6.07) is 9.16. The molecule has 0 fully saturated rings. The molecule has 2 aromatic rings. The Balaban J connectivity index is 2.37. The van der Waals surface area contributed by atoms with Crippen LogP contribution in [0.4, 0.5) is 8.78 Å². The molecular formula is C15H14BrF2N. The van der Waals surface area contributed by atoms with Crippen LogP contribution >= 0.6 is 15.9 Å². The lowest BCUT2D eigenvalue weighted by atomic mass is 9.97. The van der Waals surface area contributed by atoms with Crippen LogP contribution in [-0.2, 0) is 6.42 Å². The van der Waals surface area contributed by atoms with Gasteiger partial charge in [-0.15, -0.1) is 0 Å². The molecule has 0 saturated heterocycles. The molecule has 2 N–H and O–H groups in total. The highest BCUT2D eigenvalue weighted by atomic mass is 79.9. The summed E-state index contributed by atoms with van der Waals surface area (Å²) in [6.07, 6.45) is 0.927. The minimum absolute atomic E-state index is 0.0993. The zero-order valence-corrected chi connectivity index (χ0v) is 12.0. The maximum Gasteiger partial charge on any atom is 0.137 e. The number of aryl methyl sites for hydroxylation is 1. The van der Waals surface area contributed by atoms with E-state index in [0.717, 1.165) is 24.1 Å². The Hall–Kier alpha value is -1.26. The van der Waals surface area contributed by atoms with Gasteiger partial charge < -0.3 is 5.73 Å². The fourth-order valence-corrected chi connectivity index (χ4v) is 2.23. The fourth-order valence-electron chi connectivity index (χ4n) is 1.92. The van der Waals surface area contributed by atoms with Crippen LogP contribution in [0.25, 0.3) is 0 Å². The van der Waals surface area contributed by atoms with Gasteiger partial charge in [-0.1, -0.05) is 31.2 Å². The summed E-state index contributed by atoms with van der Waals surface area (Å²) in [5.74, 6) is -1.03. The van der Waals surface area contributed by atoms with Gasteiger partial charge in [0.05, 0.1) is 10.5 Å². The van der Waals surface area contributed by atoms with Gasteiger partial charge in [-0.25, -0.2) is 8.78 Å². The Labute approximate surface area is 119 Å². The highest BCUT2D eigenvalue weighted by molar-refractivity contribution is 9.10. The molecule has 0 aliphatic heterocycles. The lowest BCUT2D eigenvalue weighted by Crippen LogP contribution is -2.14. The van der Waals surface area contributed by atoms with Crippen LogP contribution < -0.4 is 5.73 Å². The molecule has 100 valence electrons. The predicted octanol–water partition coefficient (Wildman–Crippen LogP) is 4.34. The van der Waals surface area contributed by atoms with Crippen molar-refractivity contribution >= 4 is 15.9 Å². The van der Waals surface area contributed by atoms with Crippen LogP contribution in [0.15, 0.2) is 40.9 Å². The first-order valence-corrected chi connectivity index (χ1v) is 6.81. The van der Waals surface area contributed by atoms with Gasteiger partial charge in [0.2, 0.25) is 0 Å². The van der Waals surface area contributed by atoms with E-state index in [1.54, 1.807) is 0 Å². The van der Waals surface area contributed by atoms with E-state index in [4.69, 9.17) is 5.73 Å². The molecular weight excluding hydrogens is 312 g/mol. The summed E-state index contributed by atoms with van der Waals surface area (Å²) in [6.45, 7) is 2.05. The summed E-state index contributed by atoms with van der Waals surface area (Å²) in [5.41, 5.74) is 8.10. The van der Waals surface area contributed by atoms with Gasteiger partial charge in [-0.3, -0.25) is 0 Å². The van der Waals surface area contributed by atoms with Crippen molar-refractivity contribution < 1.29 is 8.78 Å². The van der Waals surface area contributed by atoms with E-state index in [2.05, 4.69) is 22.9 Å². The Kier molecular flexibility index (Phi) is 4.32. The molecule has 1 nitrogen and oxygen atoms in total. The molecule has 4 heteroatoms. The van der Waals surface area contributed by atoms with Gasteiger partial charge in [-0.2, -0.15) is 0 Å². The molecule has 1 unspecified atom stereocenters. The van der Waals surface area contributed by atoms with Crippen molar-refractivity contribution in [1.82, 2.24) is 0 Å². The van der Waals surface area contributed by atoms with Gasteiger partial charge >= 0.3 is 0 Å². The smallest absolute Gasteiger partial charge is 0.137 e. The lowest BCUT2D eigenvalue weighted by Gasteiger charge is -2.14. The van der Waals surface area contributed by atoms with Crippen molar-refractivity contribution in [2.75, 3.05) is 0 Å². The predicted molar refractivity (Wildman–Crippen MR) is 75.9 cm³/mol. The van der Waals surface area contributed by atoms with E-state index >= 15 is 0 Å². The molecule has 2 rings (SSSR count). The molecule has 0 aliphatic carbocycles. The van der Waals surface area contributed by atoms with Crippen LogP contribution in [0.3, 0.4) is 0 Å². The Bertz CT molecular complexity index is 581. The average Bonchev–Trinajstić information content (AvgIpc) is 2.42. The first kappa shape index (κ1) is 14.2. The monoisotopic (exact) mass is 325 g/mol. The number of hydrogen-bond donors (Lipinski definition) is 1. The van der Waals surface area contributed by atoms with Gasteiger partial charge in [-0.05, 0) is 45.6 Å². The molecule has 0 amide bonds. The van der Waals surface area contributed by atoms with Crippen molar-refractivity contribution in [2.45, 2.75) is 19.4 Å². The molecule has 0 heterocycles. The molecule has 2 aromatic carbocycles. The molecule has 0 aromatic heterocycles. The normalized spacial score (nSPS) is 12.5. The first-order chi connectivity index (χ1) is 9.02. The third-order valence-electron chi connectivity index (χ3n) is 3.12. The highest BCUT2D eigenvalue weighted by Crippen LogP contribution is 2.27. The third-order valence-corrected chi connectivity index (χ3v) is 3.73. The van der Waals surface area contributed by atoms with Crippen LogP contribution in [0.2, 0.25) is 0 Å². The van der Waals surface area contributed by atoms with Gasteiger partial charge in [0.25, 0.3) is 0 Å². The van der Waals surface area contributed by atoms with E-state index in [1.807, 2.05) is 24.3 Å². The van der Waals surface area contributed by atoms with E-state index < -0.39 is 17.7 Å². The Morgan fingerprint density at radius 1 is 1.11 bits per heavy atom. The topological polar surface area (TPSA) is 26.0 Å². The Morgan fingerprint density at radius 3 is 2.32 bits per heavy atom. The fraction of sp³-hybridized carbons (Fsp3) is 0.200. The Morgan fingerprint density at radius 2 is 1.74 bits per heavy atom. The molecule has 1 atom stereocenters. The second kappa shape index (κ2) is 5.80. The number of benzene rings is 2. The maximum absolute atomic E-state index is 13.8. The minimum Gasteiger partial charge on any atom is -0.320 e. The van der Waals surface area contributed by atoms with Crippen molar-refractivity contribution in [3.8, 4) is 0 Å². The first-order valence-electron chi connectivity index (χ1n) is 6.01. The molecule has 0 radical (unpaired) electrons. The standard InChI is InChI=1S/C15H14BrF2N/c1-2-9-3-5-10(6-4-9)15(19)11-7-14(18)12(16)8-13(11)17/h3-8,15H,2,19H2,1H3. The summed E-state index contributed by atoms with van der Waals surface area (Å²) >= 11 is 2.95. The van der Waals surface area contributed by atoms with Crippen LogP contribution in [0, 0.1) is 11.6 Å². The quantitative estimate of drug-likeness (QED) is 0.835. The zero-order valence-electron chi connectivity index (χ0n) is 10.5. The number of halogens is 3. The molecule has 19 heavy (non-hydrogen) atoms. The van der Waals surface area contributed by atoms with E-state index in [9.17, 15) is 8.78 Å². The second-order valence-corrected chi connectivity index (χ2v) is 5.21. The van der Waals surface area contributed by atoms with Crippen molar-refractivity contribution in [3.05, 3.63) is 69.2 Å². The summed E-state index contributed by atoms with van der Waals surface area (Å²) in [4.78, 5) is 0. The van der Waals surface area contributed by atoms with Crippen molar-refractivity contribution in [2.24, 2.45) is 5.73 Å². The second-order valence-electron chi connectivity index (χ2n) is 4.36. The van der Waals surface area contributed by atoms with E-state index in [-0.39, 0.29) is 10.0 Å². The van der Waals surface area contributed by atoms with Crippen LogP contribution in [0.1, 0.15) is 29.7 Å². The lowest BCUT2D eigenvalue weighted by molar-refractivity contribution is 0.572. The number of rotatable bonds is 3. The molecule has 0 saturated carbocycles. The highest BCUT2D eigenvalue weighted by Gasteiger charge is 2.16. The molecule has 0 spiro atoms. The third kappa shape index (κ3) is 3.01. The molecule has 0 aliphatic rings. The molecule has 0 bridgehead atoms. The average molecular weight is 326 g/mol. The van der Waals surface area contributed by atoms with Crippen LogP contribution in [0.5, 0.6) is 0 Å². The minimum atomic E-state index is -0.673.